The van der Waals surface area contributed by atoms with Crippen molar-refractivity contribution < 1.29 is 16.8 Å². The van der Waals surface area contributed by atoms with Crippen molar-refractivity contribution in [1.82, 2.24) is 79.7 Å². The van der Waals surface area contributed by atoms with Crippen molar-refractivity contribution in [3.8, 4) is 0 Å². The van der Waals surface area contributed by atoms with Crippen molar-refractivity contribution in [3.63, 3.8) is 0 Å². The summed E-state index contributed by atoms with van der Waals surface area (Å²) in [5.74, 6) is 0. The number of aromatic amines is 8. The summed E-state index contributed by atoms with van der Waals surface area (Å²) in [5.41, 5.74) is 6.16. The van der Waals surface area contributed by atoms with E-state index >= 15 is 0 Å². The molecule has 8 rings (SSSR count). The molecule has 0 aromatic carbocycles. The first kappa shape index (κ1) is 29.6. The van der Waals surface area contributed by atoms with E-state index in [0.717, 1.165) is 44.7 Å². The van der Waals surface area contributed by atoms with Crippen molar-refractivity contribution in [2.45, 2.75) is 0 Å². The van der Waals surface area contributed by atoms with Crippen LogP contribution in [0.5, 0.6) is 0 Å². The maximum absolute atomic E-state index is 4.91. The van der Waals surface area contributed by atoms with E-state index in [-0.39, 0.29) is 16.8 Å². The van der Waals surface area contributed by atoms with Crippen LogP contribution >= 0.6 is 48.9 Å². The molecule has 0 aliphatic heterocycles. The molecule has 1 radical (unpaired) electrons. The molecule has 8 heterocycles. The number of hydrogen-bond acceptors (Lipinski definition) is 12. The van der Waals surface area contributed by atoms with E-state index < -0.39 is 0 Å². The predicted octanol–water partition coefficient (Wildman–Crippen LogP) is 4.06. The van der Waals surface area contributed by atoms with Crippen LogP contribution in [0.25, 0.3) is 44.7 Å². The van der Waals surface area contributed by atoms with Crippen molar-refractivity contribution in [2.75, 3.05) is 0 Å². The van der Waals surface area contributed by atoms with Gasteiger partial charge >= 0.3 is 16.8 Å². The molecule has 8 aromatic rings. The average molecular weight is 668 g/mol. The van der Waals surface area contributed by atoms with E-state index in [2.05, 4.69) is 79.7 Å². The molecule has 8 aromatic heterocycles. The van der Waals surface area contributed by atoms with Crippen molar-refractivity contribution in [2.24, 2.45) is 0 Å². The maximum atomic E-state index is 4.91. The number of hydrogen-bond donors (Lipinski definition) is 8. The Labute approximate surface area is 258 Å². The van der Waals surface area contributed by atoms with Gasteiger partial charge in [-0.05, 0) is 0 Å². The predicted molar refractivity (Wildman–Crippen MR) is 156 cm³/mol. The molecule has 0 unspecified atom stereocenters. The minimum absolute atomic E-state index is 0. The summed E-state index contributed by atoms with van der Waals surface area (Å²) in [6.07, 6.45) is 12.5. The van der Waals surface area contributed by atoms with Crippen molar-refractivity contribution >= 4 is 93.5 Å². The second kappa shape index (κ2) is 13.8. The van der Waals surface area contributed by atoms with Crippen molar-refractivity contribution in [3.05, 3.63) is 69.2 Å². The van der Waals surface area contributed by atoms with Gasteiger partial charge in [0.15, 0.2) is 41.2 Å². The first-order valence-corrected chi connectivity index (χ1v) is 12.6. The van der Waals surface area contributed by atoms with Gasteiger partial charge in [-0.25, -0.2) is 39.9 Å². The van der Waals surface area contributed by atoms with Crippen LogP contribution in [0.4, 0.5) is 0 Å². The fourth-order valence-electron chi connectivity index (χ4n) is 3.13. The van der Waals surface area contributed by atoms with Crippen molar-refractivity contribution in [1.29, 1.82) is 0 Å². The Morgan fingerprint density at radius 3 is 0.707 bits per heavy atom. The SMILES string of the molecule is S=c1nc[nH]c2nc[nH]c12.S=c1nc[nH]c2nc[nH]c12.S=c1nc[nH]c2nc[nH]c12.S=c1nc[nH]c2nc[nH]c12.[Co+2]. The standard InChI is InChI=1S/4C5H4N4S.Co/c4*10-5-3-4(7-1-6-3)8-2-9-5;/h4*1-2H,(H2,6,7,8,9,10);/q;;;;+2. The molecule has 0 saturated heterocycles. The number of fused-ring (bicyclic) bond motifs is 4. The van der Waals surface area contributed by atoms with Gasteiger partial charge in [0.25, 0.3) is 0 Å². The number of rotatable bonds is 0. The number of nitrogens with one attached hydrogen (secondary N) is 8. The van der Waals surface area contributed by atoms with Crippen LogP contribution in [0.15, 0.2) is 50.6 Å². The monoisotopic (exact) mass is 667 g/mol. The van der Waals surface area contributed by atoms with Crippen LogP contribution in [0.1, 0.15) is 0 Å². The molecule has 21 heteroatoms. The Bertz CT molecular complexity index is 1930. The zero-order chi connectivity index (χ0) is 27.9. The number of imidazole rings is 4. The molecular formula is C20H16CoN16S4+2. The zero-order valence-electron chi connectivity index (χ0n) is 20.2. The van der Waals surface area contributed by atoms with E-state index in [0.29, 0.717) is 18.6 Å². The van der Waals surface area contributed by atoms with Gasteiger partial charge in [-0.15, -0.1) is 0 Å². The molecule has 207 valence electrons. The van der Waals surface area contributed by atoms with Crippen LogP contribution < -0.4 is 0 Å². The van der Waals surface area contributed by atoms with Crippen LogP contribution in [-0.2, 0) is 16.8 Å². The fraction of sp³-hybridized carbons (Fsp3) is 0. The summed E-state index contributed by atoms with van der Waals surface area (Å²) in [6, 6.07) is 0. The van der Waals surface area contributed by atoms with Gasteiger partial charge in [0, 0.05) is 0 Å². The average Bonchev–Trinajstić information content (AvgIpc) is 3.77. The summed E-state index contributed by atoms with van der Waals surface area (Å²) in [5, 5.41) is 0. The molecule has 0 amide bonds. The van der Waals surface area contributed by atoms with Gasteiger partial charge in [-0.1, -0.05) is 48.9 Å². The zero-order valence-corrected chi connectivity index (χ0v) is 24.5. The molecule has 16 nitrogen and oxygen atoms in total. The minimum atomic E-state index is 0. The molecule has 0 saturated carbocycles. The third-order valence-corrected chi connectivity index (χ3v) is 6.18. The maximum Gasteiger partial charge on any atom is 2.00 e. The third-order valence-electron chi connectivity index (χ3n) is 4.95. The van der Waals surface area contributed by atoms with E-state index in [9.17, 15) is 0 Å². The Morgan fingerprint density at radius 2 is 0.512 bits per heavy atom. The van der Waals surface area contributed by atoms with Crippen LogP contribution in [0, 0.1) is 18.6 Å². The Balaban J connectivity index is 0.000000125. The second-order valence-electron chi connectivity index (χ2n) is 7.34. The van der Waals surface area contributed by atoms with Crippen LogP contribution in [0.2, 0.25) is 0 Å². The van der Waals surface area contributed by atoms with Gasteiger partial charge < -0.3 is 39.9 Å². The number of aromatic nitrogens is 16. The Hall–Kier alpha value is -4.41. The molecule has 8 N–H and O–H groups in total. The summed E-state index contributed by atoms with van der Waals surface area (Å²) >= 11 is 19.6. The summed E-state index contributed by atoms with van der Waals surface area (Å²) < 4.78 is 2.19. The minimum Gasteiger partial charge on any atom is -0.341 e. The van der Waals surface area contributed by atoms with E-state index in [1.54, 1.807) is 25.3 Å². The van der Waals surface area contributed by atoms with Gasteiger partial charge in [0.2, 0.25) is 0 Å². The molecule has 41 heavy (non-hydrogen) atoms. The number of H-pyrrole nitrogens is 8. The molecule has 0 fully saturated rings. The quantitative estimate of drug-likeness (QED) is 0.107. The Kier molecular flexibility index (Phi) is 9.94. The summed E-state index contributed by atoms with van der Waals surface area (Å²) in [7, 11) is 0. The largest absolute Gasteiger partial charge is 2.00 e. The van der Waals surface area contributed by atoms with E-state index in [4.69, 9.17) is 48.9 Å². The second-order valence-corrected chi connectivity index (χ2v) is 8.88. The molecule has 0 bridgehead atoms. The van der Waals surface area contributed by atoms with Gasteiger partial charge in [0.1, 0.15) is 22.1 Å². The first-order valence-electron chi connectivity index (χ1n) is 11.0. The third kappa shape index (κ3) is 7.03. The molecule has 0 spiro atoms. The summed E-state index contributed by atoms with van der Waals surface area (Å²) in [6.45, 7) is 0. The van der Waals surface area contributed by atoms with Gasteiger partial charge in [-0.2, -0.15) is 0 Å². The normalized spacial score (nSPS) is 10.1. The van der Waals surface area contributed by atoms with E-state index in [1.807, 2.05) is 0 Å². The topological polar surface area (TPSA) is 229 Å². The van der Waals surface area contributed by atoms with Crippen LogP contribution in [-0.4, -0.2) is 79.7 Å². The molecule has 0 aliphatic rings. The molecule has 0 aliphatic carbocycles. The summed E-state index contributed by atoms with van der Waals surface area (Å²) in [4.78, 5) is 54.2. The van der Waals surface area contributed by atoms with Crippen LogP contribution in [0.3, 0.4) is 0 Å². The van der Waals surface area contributed by atoms with E-state index in [1.165, 1.54) is 25.3 Å². The Morgan fingerprint density at radius 1 is 0.317 bits per heavy atom. The smallest absolute Gasteiger partial charge is 0.341 e. The fourth-order valence-corrected chi connectivity index (χ4v) is 3.97. The van der Waals surface area contributed by atoms with Gasteiger partial charge in [-0.3, -0.25) is 0 Å². The number of nitrogens with zero attached hydrogens (tertiary/aromatic N) is 8. The first-order chi connectivity index (χ1) is 19.5. The molecule has 0 atom stereocenters. The molecular weight excluding hydrogens is 652 g/mol. The van der Waals surface area contributed by atoms with Gasteiger partial charge in [0.05, 0.1) is 50.6 Å².